The van der Waals surface area contributed by atoms with Crippen LogP contribution in [0.15, 0.2) is 18.5 Å². The quantitative estimate of drug-likeness (QED) is 0.557. The van der Waals surface area contributed by atoms with Crippen molar-refractivity contribution >= 4 is 34.6 Å². The molecule has 0 unspecified atom stereocenters. The lowest BCUT2D eigenvalue weighted by Gasteiger charge is -2.31. The molecule has 8 nitrogen and oxygen atoms in total. The summed E-state index contributed by atoms with van der Waals surface area (Å²) in [6.07, 6.45) is 5.61. The molecule has 4 rings (SSSR count). The maximum Gasteiger partial charge on any atom is 0.410 e. The third kappa shape index (κ3) is 4.57. The van der Waals surface area contributed by atoms with Crippen molar-refractivity contribution in [3.05, 3.63) is 33.3 Å². The van der Waals surface area contributed by atoms with Crippen LogP contribution in [0.4, 0.5) is 4.79 Å². The number of likely N-dealkylation sites (tertiary alicyclic amines) is 1. The first-order chi connectivity index (χ1) is 15.2. The van der Waals surface area contributed by atoms with Crippen LogP contribution in [0.2, 0.25) is 0 Å². The highest BCUT2D eigenvalue weighted by Crippen LogP contribution is 2.36. The van der Waals surface area contributed by atoms with E-state index in [4.69, 9.17) is 9.47 Å². The predicted molar refractivity (Wildman–Crippen MR) is 129 cm³/mol. The predicted octanol–water partition coefficient (Wildman–Crippen LogP) is 4.13. The van der Waals surface area contributed by atoms with Gasteiger partial charge in [0, 0.05) is 36.5 Å². The zero-order chi connectivity index (χ0) is 23.0. The van der Waals surface area contributed by atoms with Gasteiger partial charge in [0.25, 0.3) is 5.91 Å². The summed E-state index contributed by atoms with van der Waals surface area (Å²) in [5, 5.41) is 2.90. The average Bonchev–Trinajstić information content (AvgIpc) is 3.26. The van der Waals surface area contributed by atoms with E-state index in [1.807, 2.05) is 33.8 Å². The van der Waals surface area contributed by atoms with Crippen LogP contribution in [-0.4, -0.2) is 57.7 Å². The van der Waals surface area contributed by atoms with Gasteiger partial charge in [-0.3, -0.25) is 14.7 Å². The summed E-state index contributed by atoms with van der Waals surface area (Å²) in [6, 6.07) is 1.91. The van der Waals surface area contributed by atoms with E-state index in [1.165, 1.54) is 0 Å². The van der Waals surface area contributed by atoms with Crippen molar-refractivity contribution < 1.29 is 19.1 Å². The van der Waals surface area contributed by atoms with Crippen LogP contribution >= 0.6 is 22.6 Å². The van der Waals surface area contributed by atoms with Crippen LogP contribution in [-0.2, 0) is 11.2 Å². The Morgan fingerprint density at radius 1 is 1.34 bits per heavy atom. The summed E-state index contributed by atoms with van der Waals surface area (Å²) in [7, 11) is 0. The van der Waals surface area contributed by atoms with Gasteiger partial charge < -0.3 is 19.8 Å². The first-order valence-electron chi connectivity index (χ1n) is 10.9. The van der Waals surface area contributed by atoms with Gasteiger partial charge in [-0.2, -0.15) is 0 Å². The van der Waals surface area contributed by atoms with Crippen LogP contribution in [0.3, 0.4) is 0 Å². The molecule has 9 heteroatoms. The second-order valence-electron chi connectivity index (χ2n) is 9.32. The number of ether oxygens (including phenoxy) is 2. The smallest absolute Gasteiger partial charge is 0.410 e. The van der Waals surface area contributed by atoms with E-state index in [0.717, 1.165) is 39.8 Å². The molecule has 0 aliphatic carbocycles. The molecule has 2 atom stereocenters. The molecule has 172 valence electrons. The molecular formula is C23H29IN4O4. The Kier molecular flexibility index (Phi) is 6.37. The van der Waals surface area contributed by atoms with E-state index in [9.17, 15) is 9.59 Å². The highest BCUT2D eigenvalue weighted by Gasteiger charge is 2.37. The summed E-state index contributed by atoms with van der Waals surface area (Å²) >= 11 is 2.21. The molecular weight excluding hydrogens is 523 g/mol. The molecule has 1 fully saturated rings. The van der Waals surface area contributed by atoms with Gasteiger partial charge in [0.2, 0.25) is 0 Å². The van der Waals surface area contributed by atoms with Crippen molar-refractivity contribution in [1.29, 1.82) is 0 Å². The average molecular weight is 552 g/mol. The third-order valence-electron chi connectivity index (χ3n) is 5.78. The van der Waals surface area contributed by atoms with Crippen LogP contribution in [0.5, 0.6) is 5.75 Å². The number of halogens is 1. The van der Waals surface area contributed by atoms with Gasteiger partial charge in [0.05, 0.1) is 27.1 Å². The highest BCUT2D eigenvalue weighted by atomic mass is 127. The zero-order valence-corrected chi connectivity index (χ0v) is 21.0. The van der Waals surface area contributed by atoms with Gasteiger partial charge in [0.1, 0.15) is 18.0 Å². The van der Waals surface area contributed by atoms with E-state index in [1.54, 1.807) is 17.3 Å². The monoisotopic (exact) mass is 552 g/mol. The fourth-order valence-corrected chi connectivity index (χ4v) is 5.29. The van der Waals surface area contributed by atoms with E-state index >= 15 is 0 Å². The number of nitrogens with one attached hydrogen (secondary N) is 2. The standard InChI is InChI=1S/C23H29IN4O4/c1-13-5-6-14(28(13)22(30)32-23(2,3)4)12-31-17-11-25-9-7-15(17)20-19(24)18-16(27-20)8-10-26-21(18)29/h7,9,11,13-14,27H,5-6,8,10,12H2,1-4H3,(H,26,29)/t13-,14-/m1/s1. The second-order valence-corrected chi connectivity index (χ2v) is 10.4. The molecule has 0 aromatic carbocycles. The number of fused-ring (bicyclic) bond motifs is 1. The van der Waals surface area contributed by atoms with Crippen molar-refractivity contribution in [1.82, 2.24) is 20.2 Å². The van der Waals surface area contributed by atoms with Crippen molar-refractivity contribution in [3.63, 3.8) is 0 Å². The number of carbonyl (C=O) groups excluding carboxylic acids is 2. The topological polar surface area (TPSA) is 96.5 Å². The lowest BCUT2D eigenvalue weighted by atomic mass is 10.1. The number of rotatable bonds is 4. The molecule has 0 bridgehead atoms. The minimum absolute atomic E-state index is 0.0531. The number of amides is 2. The van der Waals surface area contributed by atoms with Crippen molar-refractivity contribution in [2.45, 2.75) is 64.6 Å². The highest BCUT2D eigenvalue weighted by molar-refractivity contribution is 14.1. The number of aromatic nitrogens is 2. The first kappa shape index (κ1) is 22.9. The molecule has 1 saturated heterocycles. The molecule has 2 aromatic heterocycles. The number of pyridine rings is 1. The third-order valence-corrected chi connectivity index (χ3v) is 6.86. The number of H-pyrrole nitrogens is 1. The summed E-state index contributed by atoms with van der Waals surface area (Å²) < 4.78 is 12.7. The summed E-state index contributed by atoms with van der Waals surface area (Å²) in [5.74, 6) is 0.565. The molecule has 0 spiro atoms. The number of carbonyl (C=O) groups is 2. The molecule has 2 amide bonds. The molecule has 2 aromatic rings. The van der Waals surface area contributed by atoms with Crippen LogP contribution in [0.1, 0.15) is 56.6 Å². The van der Waals surface area contributed by atoms with Crippen LogP contribution < -0.4 is 10.1 Å². The maximum atomic E-state index is 12.8. The molecule has 2 aliphatic heterocycles. The minimum atomic E-state index is -0.545. The van der Waals surface area contributed by atoms with Crippen molar-refractivity contribution in [2.24, 2.45) is 0 Å². The lowest BCUT2D eigenvalue weighted by molar-refractivity contribution is 0.0118. The summed E-state index contributed by atoms with van der Waals surface area (Å²) in [4.78, 5) is 34.5. The molecule has 2 aliphatic rings. The minimum Gasteiger partial charge on any atom is -0.489 e. The van der Waals surface area contributed by atoms with Gasteiger partial charge >= 0.3 is 6.09 Å². The Labute approximate surface area is 201 Å². The van der Waals surface area contributed by atoms with Gasteiger partial charge in [-0.05, 0) is 69.2 Å². The van der Waals surface area contributed by atoms with Crippen molar-refractivity contribution in [3.8, 4) is 17.0 Å². The van der Waals surface area contributed by atoms with Gasteiger partial charge in [-0.15, -0.1) is 0 Å². The van der Waals surface area contributed by atoms with Gasteiger partial charge in [-0.1, -0.05) is 0 Å². The van der Waals surface area contributed by atoms with E-state index in [0.29, 0.717) is 24.5 Å². The Morgan fingerprint density at radius 2 is 2.12 bits per heavy atom. The number of hydrogen-bond acceptors (Lipinski definition) is 5. The van der Waals surface area contributed by atoms with E-state index in [-0.39, 0.29) is 24.1 Å². The van der Waals surface area contributed by atoms with Gasteiger partial charge in [-0.25, -0.2) is 4.79 Å². The first-order valence-corrected chi connectivity index (χ1v) is 12.0. The fraction of sp³-hybridized carbons (Fsp3) is 0.522. The van der Waals surface area contributed by atoms with E-state index < -0.39 is 5.60 Å². The maximum absolute atomic E-state index is 12.8. The van der Waals surface area contributed by atoms with E-state index in [2.05, 4.69) is 37.9 Å². The zero-order valence-electron chi connectivity index (χ0n) is 18.8. The molecule has 0 saturated carbocycles. The Bertz CT molecular complexity index is 1030. The largest absolute Gasteiger partial charge is 0.489 e. The fourth-order valence-electron chi connectivity index (χ4n) is 4.29. The number of hydrogen-bond donors (Lipinski definition) is 2. The molecule has 4 heterocycles. The lowest BCUT2D eigenvalue weighted by Crippen LogP contribution is -2.45. The second kappa shape index (κ2) is 8.92. The normalized spacial score (nSPS) is 20.7. The SMILES string of the molecule is C[C@@H]1CC[C@H](COc2cnccc2-c2[nH]c3c(c2I)C(=O)NCC3)N1C(=O)OC(C)(C)C. The summed E-state index contributed by atoms with van der Waals surface area (Å²) in [6.45, 7) is 8.63. The van der Waals surface area contributed by atoms with Crippen molar-refractivity contribution in [2.75, 3.05) is 13.2 Å². The Morgan fingerprint density at radius 3 is 2.84 bits per heavy atom. The van der Waals surface area contributed by atoms with Gasteiger partial charge in [0.15, 0.2) is 0 Å². The Balaban J connectivity index is 1.55. The number of aromatic amines is 1. The van der Waals surface area contributed by atoms with Crippen LogP contribution in [0, 0.1) is 3.57 Å². The van der Waals surface area contributed by atoms with Crippen LogP contribution in [0.25, 0.3) is 11.3 Å². The molecule has 2 N–H and O–H groups in total. The number of nitrogens with zero attached hydrogens (tertiary/aromatic N) is 2. The molecule has 32 heavy (non-hydrogen) atoms. The molecule has 0 radical (unpaired) electrons. The summed E-state index contributed by atoms with van der Waals surface area (Å²) in [5.41, 5.74) is 2.80. The Hall–Kier alpha value is -2.30.